The lowest BCUT2D eigenvalue weighted by atomic mass is 9.30. The monoisotopic (exact) mass is 500 g/mol. The van der Waals surface area contributed by atoms with Gasteiger partial charge >= 0.3 is 0 Å². The molecule has 38 heavy (non-hydrogen) atoms. The van der Waals surface area contributed by atoms with Crippen LogP contribution in [0.15, 0.2) is 78.9 Å². The molecule has 0 unspecified atom stereocenters. The van der Waals surface area contributed by atoms with E-state index >= 15 is 0 Å². The Kier molecular flexibility index (Phi) is 5.41. The van der Waals surface area contributed by atoms with E-state index in [9.17, 15) is 0 Å². The van der Waals surface area contributed by atoms with Crippen LogP contribution in [0, 0.1) is 0 Å². The molecular weight excluding hydrogens is 463 g/mol. The van der Waals surface area contributed by atoms with Crippen molar-refractivity contribution in [3.05, 3.63) is 101 Å². The van der Waals surface area contributed by atoms with Crippen LogP contribution in [-0.2, 0) is 16.2 Å². The lowest BCUT2D eigenvalue weighted by Crippen LogP contribution is -2.63. The quantitative estimate of drug-likeness (QED) is 0.236. The maximum atomic E-state index is 6.66. The van der Waals surface area contributed by atoms with Crippen LogP contribution in [0.3, 0.4) is 0 Å². The number of benzene rings is 4. The summed E-state index contributed by atoms with van der Waals surface area (Å²) in [5, 5.41) is 0. The van der Waals surface area contributed by atoms with Gasteiger partial charge in [0, 0.05) is 5.41 Å². The third-order valence-corrected chi connectivity index (χ3v) is 8.32. The molecule has 0 amide bonds. The number of hydrogen-bond donors (Lipinski definition) is 0. The van der Waals surface area contributed by atoms with E-state index in [2.05, 4.69) is 104 Å². The highest BCUT2D eigenvalue weighted by Crippen LogP contribution is 2.44. The largest absolute Gasteiger partial charge is 0.458 e. The Morgan fingerprint density at radius 2 is 1.39 bits per heavy atom. The van der Waals surface area contributed by atoms with Gasteiger partial charge in [-0.25, -0.2) is 0 Å². The molecule has 2 nitrogen and oxygen atoms in total. The van der Waals surface area contributed by atoms with E-state index < -0.39 is 0 Å². The van der Waals surface area contributed by atoms with Gasteiger partial charge in [-0.1, -0.05) is 103 Å². The summed E-state index contributed by atoms with van der Waals surface area (Å²) in [7, 11) is 0. The predicted octanol–water partition coefficient (Wildman–Crippen LogP) is 7.34. The van der Waals surface area contributed by atoms with Crippen LogP contribution in [0.25, 0.3) is 0 Å². The molecule has 0 aromatic heterocycles. The normalized spacial score (nSPS) is 15.2. The summed E-state index contributed by atoms with van der Waals surface area (Å²) in [5.74, 6) is 3.64. The molecule has 0 fully saturated rings. The van der Waals surface area contributed by atoms with Crippen LogP contribution >= 0.6 is 0 Å². The molecule has 2 heterocycles. The molecule has 0 aliphatic carbocycles. The highest BCUT2D eigenvalue weighted by molar-refractivity contribution is 6.98. The fourth-order valence-electron chi connectivity index (χ4n) is 6.38. The van der Waals surface area contributed by atoms with Crippen molar-refractivity contribution in [2.75, 3.05) is 0 Å². The van der Waals surface area contributed by atoms with Crippen LogP contribution in [0.4, 0.5) is 0 Å². The summed E-state index contributed by atoms with van der Waals surface area (Å²) in [6, 6.07) is 28.0. The van der Waals surface area contributed by atoms with Crippen molar-refractivity contribution in [2.45, 2.75) is 71.6 Å². The zero-order valence-corrected chi connectivity index (χ0v) is 23.9. The van der Waals surface area contributed by atoms with Gasteiger partial charge in [0.15, 0.2) is 0 Å². The van der Waals surface area contributed by atoms with Gasteiger partial charge in [0.05, 0.1) is 0 Å². The third kappa shape index (κ3) is 3.86. The van der Waals surface area contributed by atoms with Crippen LogP contribution in [0.2, 0.25) is 0 Å². The summed E-state index contributed by atoms with van der Waals surface area (Å²) < 4.78 is 13.0. The topological polar surface area (TPSA) is 18.5 Å². The lowest BCUT2D eigenvalue weighted by Gasteiger charge is -2.44. The maximum absolute atomic E-state index is 6.66. The van der Waals surface area contributed by atoms with Gasteiger partial charge in [0.2, 0.25) is 0 Å². The molecule has 4 aromatic carbocycles. The highest BCUT2D eigenvalue weighted by atomic mass is 16.5. The first-order valence-electron chi connectivity index (χ1n) is 13.7. The average molecular weight is 500 g/mol. The first-order valence-corrected chi connectivity index (χ1v) is 13.7. The smallest absolute Gasteiger partial charge is 0.251 e. The van der Waals surface area contributed by atoms with Crippen LogP contribution in [0.5, 0.6) is 23.0 Å². The molecule has 0 radical (unpaired) electrons. The molecule has 2 aliphatic rings. The number of fused-ring (bicyclic) bond motifs is 4. The van der Waals surface area contributed by atoms with Gasteiger partial charge in [-0.3, -0.25) is 0 Å². The summed E-state index contributed by atoms with van der Waals surface area (Å²) in [6.07, 6.45) is 0. The van der Waals surface area contributed by atoms with E-state index in [-0.39, 0.29) is 23.0 Å². The number of hydrogen-bond acceptors (Lipinski definition) is 2. The first kappa shape index (κ1) is 24.9. The van der Waals surface area contributed by atoms with Crippen molar-refractivity contribution in [1.29, 1.82) is 0 Å². The molecule has 6 rings (SSSR count). The van der Waals surface area contributed by atoms with E-state index in [0.717, 1.165) is 23.0 Å². The van der Waals surface area contributed by atoms with Gasteiger partial charge in [0.25, 0.3) is 6.71 Å². The van der Waals surface area contributed by atoms with Crippen molar-refractivity contribution in [3.8, 4) is 23.0 Å². The van der Waals surface area contributed by atoms with Gasteiger partial charge in [0.1, 0.15) is 23.0 Å². The Bertz CT molecular complexity index is 1550. The van der Waals surface area contributed by atoms with E-state index in [0.29, 0.717) is 0 Å². The molecule has 0 spiro atoms. The minimum atomic E-state index is -0.187. The Balaban J connectivity index is 1.64. The predicted molar refractivity (Wildman–Crippen MR) is 160 cm³/mol. The summed E-state index contributed by atoms with van der Waals surface area (Å²) in [5.41, 5.74) is 9.19. The Hall–Kier alpha value is -3.46. The third-order valence-electron chi connectivity index (χ3n) is 8.32. The molecule has 2 aliphatic heterocycles. The summed E-state index contributed by atoms with van der Waals surface area (Å²) in [4.78, 5) is 0. The zero-order chi connectivity index (χ0) is 27.0. The summed E-state index contributed by atoms with van der Waals surface area (Å²) in [6.45, 7) is 18.6. The second-order valence-electron chi connectivity index (χ2n) is 13.5. The van der Waals surface area contributed by atoms with E-state index in [1.807, 2.05) is 30.3 Å². The molecule has 192 valence electrons. The fraction of sp³-hybridized carbons (Fsp3) is 0.314. The van der Waals surface area contributed by atoms with E-state index in [1.54, 1.807) is 0 Å². The van der Waals surface area contributed by atoms with E-state index in [1.165, 1.54) is 38.6 Å². The Morgan fingerprint density at radius 1 is 0.684 bits per heavy atom. The first-order chi connectivity index (χ1) is 17.9. The number of rotatable bonds is 2. The van der Waals surface area contributed by atoms with Gasteiger partial charge < -0.3 is 9.47 Å². The summed E-state index contributed by atoms with van der Waals surface area (Å²) >= 11 is 0. The second kappa shape index (κ2) is 8.27. The highest BCUT2D eigenvalue weighted by Gasteiger charge is 2.47. The molecule has 0 atom stereocenters. The molecular formula is C35H37BO2. The average Bonchev–Trinajstić information content (AvgIpc) is 2.85. The molecule has 0 saturated heterocycles. The Labute approximate surface area is 228 Å². The van der Waals surface area contributed by atoms with Crippen LogP contribution < -0.4 is 25.9 Å². The minimum absolute atomic E-state index is 0.00752. The van der Waals surface area contributed by atoms with Gasteiger partial charge in [-0.2, -0.15) is 0 Å². The molecule has 0 bridgehead atoms. The molecule has 4 aromatic rings. The lowest BCUT2D eigenvalue weighted by molar-refractivity contribution is 0.477. The standard InChI is InChI=1S/C35H37BO2/c1-33(2,3)22-14-18-29-28(20-22)36-27-21-24(37-23-12-10-9-11-13-23)15-16-25(27)35(7,8)31-26(34(4,5)6)17-19-30(38-29)32(31)36/h9-21H,1-8H3. The van der Waals surface area contributed by atoms with Crippen LogP contribution in [-0.4, -0.2) is 6.71 Å². The van der Waals surface area contributed by atoms with E-state index in [4.69, 9.17) is 9.47 Å². The van der Waals surface area contributed by atoms with Crippen molar-refractivity contribution >= 4 is 23.1 Å². The van der Waals surface area contributed by atoms with Crippen molar-refractivity contribution in [1.82, 2.24) is 0 Å². The van der Waals surface area contributed by atoms with Gasteiger partial charge in [-0.05, 0) is 80.4 Å². The number of para-hydroxylation sites is 1. The molecule has 0 saturated carbocycles. The SMILES string of the molecule is CC(C)(C)c1ccc2c(c1)B1c3cc(Oc4ccccc4)ccc3C(C)(C)c3c(C(C)(C)C)ccc(c31)O2. The van der Waals surface area contributed by atoms with Crippen molar-refractivity contribution in [3.63, 3.8) is 0 Å². The number of ether oxygens (including phenoxy) is 2. The maximum Gasteiger partial charge on any atom is 0.251 e. The molecule has 3 heteroatoms. The second-order valence-corrected chi connectivity index (χ2v) is 13.5. The minimum Gasteiger partial charge on any atom is -0.458 e. The van der Waals surface area contributed by atoms with Crippen molar-refractivity contribution in [2.24, 2.45) is 0 Å². The van der Waals surface area contributed by atoms with Crippen molar-refractivity contribution < 1.29 is 9.47 Å². The molecule has 0 N–H and O–H groups in total. The van der Waals surface area contributed by atoms with Gasteiger partial charge in [-0.15, -0.1) is 0 Å². The zero-order valence-electron chi connectivity index (χ0n) is 23.9. The van der Waals surface area contributed by atoms with Crippen LogP contribution in [0.1, 0.15) is 77.6 Å². The Morgan fingerprint density at radius 3 is 2.08 bits per heavy atom. The fourth-order valence-corrected chi connectivity index (χ4v) is 6.38.